The van der Waals surface area contributed by atoms with E-state index in [-0.39, 0.29) is 17.9 Å². The van der Waals surface area contributed by atoms with Gasteiger partial charge in [0.2, 0.25) is 0 Å². The lowest BCUT2D eigenvalue weighted by molar-refractivity contribution is -0.136. The van der Waals surface area contributed by atoms with E-state index in [1.165, 1.54) is 7.11 Å². The van der Waals surface area contributed by atoms with E-state index in [4.69, 9.17) is 9.73 Å². The minimum atomic E-state index is -0.346. The van der Waals surface area contributed by atoms with E-state index in [0.717, 1.165) is 35.1 Å². The number of methoxy groups -OCH3 is 1. The van der Waals surface area contributed by atoms with Gasteiger partial charge in [-0.2, -0.15) is 0 Å². The number of aliphatic imine (C=N–C) groups is 1. The fourth-order valence-corrected chi connectivity index (χ4v) is 4.89. The first-order valence-electron chi connectivity index (χ1n) is 10.4. The van der Waals surface area contributed by atoms with Crippen molar-refractivity contribution in [2.75, 3.05) is 24.7 Å². The Balaban J connectivity index is 1.64. The number of nitrogens with one attached hydrogen (secondary N) is 1. The van der Waals surface area contributed by atoms with Crippen molar-refractivity contribution in [1.82, 2.24) is 4.90 Å². The highest BCUT2D eigenvalue weighted by Gasteiger charge is 2.38. The first-order chi connectivity index (χ1) is 15.1. The average Bonchev–Trinajstić information content (AvgIpc) is 2.83. The third-order valence-electron chi connectivity index (χ3n) is 5.41. The highest BCUT2D eigenvalue weighted by molar-refractivity contribution is 8.13. The van der Waals surface area contributed by atoms with Crippen molar-refractivity contribution in [2.45, 2.75) is 25.8 Å². The van der Waals surface area contributed by atoms with E-state index in [2.05, 4.69) is 10.2 Å². The predicted octanol–water partition coefficient (Wildman–Crippen LogP) is 4.63. The van der Waals surface area contributed by atoms with Gasteiger partial charge in [-0.1, -0.05) is 49.0 Å². The molecule has 0 saturated carbocycles. The van der Waals surface area contributed by atoms with Crippen LogP contribution in [-0.4, -0.2) is 41.4 Å². The Morgan fingerprint density at radius 1 is 1.16 bits per heavy atom. The molecule has 0 bridgehead atoms. The topological polar surface area (TPSA) is 71.0 Å². The third-order valence-corrected chi connectivity index (χ3v) is 6.48. The fourth-order valence-electron chi connectivity index (χ4n) is 3.90. The molecule has 0 spiro atoms. The van der Waals surface area contributed by atoms with Crippen LogP contribution in [0.2, 0.25) is 0 Å². The standard InChI is InChI=1S/C24H25N3O3S/c1-3-19-20(23(29)30-2)21(27-14-7-15-31-24(27)26-19)16-10-12-18(13-11-16)25-22(28)17-8-5-4-6-9-17/h4-6,8-13,21H,3,7,14-15H2,1-2H3,(H,25,28). The van der Waals surface area contributed by atoms with Crippen LogP contribution in [0.4, 0.5) is 5.69 Å². The van der Waals surface area contributed by atoms with Crippen LogP contribution < -0.4 is 5.32 Å². The van der Waals surface area contributed by atoms with Crippen molar-refractivity contribution in [3.63, 3.8) is 0 Å². The number of carbonyl (C=O) groups is 2. The maximum absolute atomic E-state index is 12.7. The zero-order valence-electron chi connectivity index (χ0n) is 17.6. The molecule has 1 saturated heterocycles. The fraction of sp³-hybridized carbons (Fsp3) is 0.292. The summed E-state index contributed by atoms with van der Waals surface area (Å²) < 4.78 is 5.12. The van der Waals surface area contributed by atoms with Crippen LogP contribution in [0, 0.1) is 0 Å². The zero-order valence-corrected chi connectivity index (χ0v) is 18.4. The summed E-state index contributed by atoms with van der Waals surface area (Å²) in [4.78, 5) is 32.1. The molecule has 2 aliphatic heterocycles. The highest BCUT2D eigenvalue weighted by atomic mass is 32.2. The summed E-state index contributed by atoms with van der Waals surface area (Å²) in [6, 6.07) is 16.5. The molecule has 4 rings (SSSR count). The van der Waals surface area contributed by atoms with E-state index < -0.39 is 0 Å². The molecule has 2 heterocycles. The molecule has 1 fully saturated rings. The minimum absolute atomic E-state index is 0.156. The minimum Gasteiger partial charge on any atom is -0.466 e. The Morgan fingerprint density at radius 3 is 2.58 bits per heavy atom. The molecule has 0 radical (unpaired) electrons. The van der Waals surface area contributed by atoms with Crippen molar-refractivity contribution >= 4 is 34.5 Å². The first kappa shape index (κ1) is 21.2. The monoisotopic (exact) mass is 435 g/mol. The number of carbonyl (C=O) groups excluding carboxylic acids is 2. The Kier molecular flexibility index (Phi) is 6.42. The Hall–Kier alpha value is -3.06. The molecule has 2 aliphatic rings. The summed E-state index contributed by atoms with van der Waals surface area (Å²) in [5.41, 5.74) is 3.65. The molecule has 31 heavy (non-hydrogen) atoms. The van der Waals surface area contributed by atoms with Gasteiger partial charge in [0, 0.05) is 23.5 Å². The van der Waals surface area contributed by atoms with Crippen molar-refractivity contribution in [3.8, 4) is 0 Å². The third kappa shape index (κ3) is 4.37. The SMILES string of the molecule is CCC1=C(C(=O)OC)C(c2ccc(NC(=O)c3ccccc3)cc2)N2CCCSC2=N1. The van der Waals surface area contributed by atoms with Crippen LogP contribution >= 0.6 is 11.8 Å². The number of hydrogen-bond donors (Lipinski definition) is 1. The number of rotatable bonds is 5. The summed E-state index contributed by atoms with van der Waals surface area (Å²) in [7, 11) is 1.41. The molecular formula is C24H25N3O3S. The zero-order chi connectivity index (χ0) is 21.8. The van der Waals surface area contributed by atoms with Crippen LogP contribution in [0.1, 0.15) is 41.7 Å². The average molecular weight is 436 g/mol. The van der Waals surface area contributed by atoms with Gasteiger partial charge in [0.1, 0.15) is 0 Å². The number of anilines is 1. The summed E-state index contributed by atoms with van der Waals surface area (Å²) in [5, 5.41) is 3.89. The number of allylic oxidation sites excluding steroid dienone is 1. The molecule has 0 aromatic heterocycles. The highest BCUT2D eigenvalue weighted by Crippen LogP contribution is 2.40. The largest absolute Gasteiger partial charge is 0.466 e. The van der Waals surface area contributed by atoms with Gasteiger partial charge in [0.15, 0.2) is 5.17 Å². The molecule has 6 nitrogen and oxygen atoms in total. The van der Waals surface area contributed by atoms with Gasteiger partial charge in [-0.05, 0) is 42.7 Å². The quantitative estimate of drug-likeness (QED) is 0.694. The van der Waals surface area contributed by atoms with Crippen molar-refractivity contribution in [2.24, 2.45) is 4.99 Å². The van der Waals surface area contributed by atoms with Crippen molar-refractivity contribution in [3.05, 3.63) is 77.0 Å². The second-order valence-corrected chi connectivity index (χ2v) is 8.40. The Morgan fingerprint density at radius 2 is 1.90 bits per heavy atom. The first-order valence-corrected chi connectivity index (χ1v) is 11.4. The number of ether oxygens (including phenoxy) is 1. The normalized spacial score (nSPS) is 18.2. The van der Waals surface area contributed by atoms with E-state index in [9.17, 15) is 9.59 Å². The molecule has 0 aliphatic carbocycles. The summed E-state index contributed by atoms with van der Waals surface area (Å²) >= 11 is 1.73. The van der Waals surface area contributed by atoms with Gasteiger partial charge in [0.25, 0.3) is 5.91 Å². The molecule has 1 N–H and O–H groups in total. The number of esters is 1. The van der Waals surface area contributed by atoms with Gasteiger partial charge in [0.05, 0.1) is 24.4 Å². The number of thioether (sulfide) groups is 1. The summed E-state index contributed by atoms with van der Waals surface area (Å²) in [5.74, 6) is 0.523. The van der Waals surface area contributed by atoms with Crippen molar-refractivity contribution < 1.29 is 14.3 Å². The van der Waals surface area contributed by atoms with E-state index >= 15 is 0 Å². The maximum Gasteiger partial charge on any atom is 0.338 e. The Labute approximate surface area is 186 Å². The second-order valence-electron chi connectivity index (χ2n) is 7.34. The Bertz CT molecular complexity index is 1030. The van der Waals surface area contributed by atoms with Crippen molar-refractivity contribution in [1.29, 1.82) is 0 Å². The number of benzene rings is 2. The van der Waals surface area contributed by atoms with Gasteiger partial charge < -0.3 is 15.0 Å². The second kappa shape index (κ2) is 9.39. The number of hydrogen-bond acceptors (Lipinski definition) is 6. The number of amides is 1. The molecule has 2 aromatic carbocycles. The van der Waals surface area contributed by atoms with Gasteiger partial charge in [-0.3, -0.25) is 4.79 Å². The van der Waals surface area contributed by atoms with Crippen LogP contribution in [0.25, 0.3) is 0 Å². The van der Waals surface area contributed by atoms with Crippen LogP contribution in [0.3, 0.4) is 0 Å². The number of amidine groups is 1. The number of nitrogens with zero attached hydrogens (tertiary/aromatic N) is 2. The molecule has 160 valence electrons. The molecular weight excluding hydrogens is 410 g/mol. The molecule has 1 unspecified atom stereocenters. The van der Waals surface area contributed by atoms with Gasteiger partial charge in [-0.15, -0.1) is 0 Å². The number of fused-ring (bicyclic) bond motifs is 1. The maximum atomic E-state index is 12.7. The lowest BCUT2D eigenvalue weighted by Gasteiger charge is -2.40. The summed E-state index contributed by atoms with van der Waals surface area (Å²) in [6.07, 6.45) is 1.69. The smallest absolute Gasteiger partial charge is 0.338 e. The van der Waals surface area contributed by atoms with Crippen LogP contribution in [0.5, 0.6) is 0 Å². The predicted molar refractivity (Wildman–Crippen MR) is 124 cm³/mol. The van der Waals surface area contributed by atoms with E-state index in [0.29, 0.717) is 23.2 Å². The lowest BCUT2D eigenvalue weighted by atomic mass is 9.93. The molecule has 2 aromatic rings. The van der Waals surface area contributed by atoms with Gasteiger partial charge in [-0.25, -0.2) is 9.79 Å². The van der Waals surface area contributed by atoms with Crippen LogP contribution in [-0.2, 0) is 9.53 Å². The molecule has 7 heteroatoms. The van der Waals surface area contributed by atoms with E-state index in [1.54, 1.807) is 23.9 Å². The molecule has 1 amide bonds. The van der Waals surface area contributed by atoms with Crippen LogP contribution in [0.15, 0.2) is 70.9 Å². The van der Waals surface area contributed by atoms with Gasteiger partial charge >= 0.3 is 5.97 Å². The molecule has 1 atom stereocenters. The summed E-state index contributed by atoms with van der Waals surface area (Å²) in [6.45, 7) is 2.84. The van der Waals surface area contributed by atoms with E-state index in [1.807, 2.05) is 49.4 Å². The lowest BCUT2D eigenvalue weighted by Crippen LogP contribution is -2.42.